The quantitative estimate of drug-likeness (QED) is 0.610. The number of ether oxygens (including phenoxy) is 1. The van der Waals surface area contributed by atoms with E-state index >= 15 is 0 Å². The molecule has 2 rings (SSSR count). The Morgan fingerprint density at radius 2 is 1.96 bits per heavy atom. The normalized spacial score (nSPS) is 17.2. The fourth-order valence-corrected chi connectivity index (χ4v) is 2.39. The summed E-state index contributed by atoms with van der Waals surface area (Å²) < 4.78 is 44.0. The number of hydrogen-bond acceptors (Lipinski definition) is 5. The van der Waals surface area contributed by atoms with Crippen molar-refractivity contribution < 1.29 is 32.4 Å². The maximum absolute atomic E-state index is 13.0. The number of fused-ring (bicyclic) bond motifs is 1. The predicted molar refractivity (Wildman–Crippen MR) is 83.6 cm³/mol. The molecule has 1 aromatic carbocycles. The van der Waals surface area contributed by atoms with Crippen LogP contribution in [-0.4, -0.2) is 28.6 Å². The largest absolute Gasteiger partial charge is 0.444 e. The van der Waals surface area contributed by atoms with E-state index in [1.54, 1.807) is 20.8 Å². The second-order valence-corrected chi connectivity index (χ2v) is 6.67. The van der Waals surface area contributed by atoms with Crippen molar-refractivity contribution in [3.63, 3.8) is 0 Å². The Bertz CT molecular complexity index is 771. The molecule has 26 heavy (non-hydrogen) atoms. The molecular formula is C15H16F3N3O5. The van der Waals surface area contributed by atoms with Crippen molar-refractivity contribution in [3.05, 3.63) is 33.4 Å². The third-order valence-corrected chi connectivity index (χ3v) is 3.41. The second kappa shape index (κ2) is 6.46. The van der Waals surface area contributed by atoms with E-state index in [0.29, 0.717) is 6.07 Å². The van der Waals surface area contributed by atoms with Gasteiger partial charge in [-0.25, -0.2) is 4.79 Å². The maximum Gasteiger partial charge on any atom is 0.423 e. The number of halogens is 3. The number of carbonyl (C=O) groups excluding carboxylic acids is 2. The standard InChI is InChI=1S/C15H16F3N3O5/c1-14(2,3)26-13(23)20-10-4-7-5-11(21(24)25)8(15(16,17)18)6-9(7)19-12(10)22/h5-6,10H,4H2,1-3H3,(H,19,22)(H,20,23)/t10-/m1/s1. The molecule has 0 spiro atoms. The molecule has 2 N–H and O–H groups in total. The van der Waals surface area contributed by atoms with E-state index < -0.39 is 46.0 Å². The molecule has 0 bridgehead atoms. The van der Waals surface area contributed by atoms with Gasteiger partial charge in [-0.2, -0.15) is 13.2 Å². The molecule has 0 saturated heterocycles. The van der Waals surface area contributed by atoms with Crippen LogP contribution in [0.25, 0.3) is 0 Å². The third kappa shape index (κ3) is 4.41. The number of amides is 2. The summed E-state index contributed by atoms with van der Waals surface area (Å²) in [5, 5.41) is 15.5. The molecule has 0 unspecified atom stereocenters. The Morgan fingerprint density at radius 1 is 1.35 bits per heavy atom. The molecule has 0 fully saturated rings. The van der Waals surface area contributed by atoms with Crippen LogP contribution in [0.2, 0.25) is 0 Å². The lowest BCUT2D eigenvalue weighted by Gasteiger charge is -2.27. The molecule has 1 aliphatic rings. The van der Waals surface area contributed by atoms with Crippen molar-refractivity contribution in [2.75, 3.05) is 5.32 Å². The van der Waals surface area contributed by atoms with E-state index in [0.717, 1.165) is 6.07 Å². The summed E-state index contributed by atoms with van der Waals surface area (Å²) in [4.78, 5) is 33.6. The number of rotatable bonds is 2. The Balaban J connectivity index is 2.31. The Labute approximate surface area is 145 Å². The predicted octanol–water partition coefficient (Wildman–Crippen LogP) is 3.00. The Hall–Kier alpha value is -2.85. The van der Waals surface area contributed by atoms with Crippen molar-refractivity contribution in [2.45, 2.75) is 45.0 Å². The molecule has 0 saturated carbocycles. The molecule has 8 nitrogen and oxygen atoms in total. The van der Waals surface area contributed by atoms with Crippen LogP contribution in [0.5, 0.6) is 0 Å². The smallest absolute Gasteiger partial charge is 0.423 e. The minimum atomic E-state index is -4.95. The van der Waals surface area contributed by atoms with Gasteiger partial charge in [-0.1, -0.05) is 0 Å². The number of nitro groups is 1. The summed E-state index contributed by atoms with van der Waals surface area (Å²) in [5.41, 5.74) is -3.47. The average molecular weight is 375 g/mol. The molecule has 1 atom stereocenters. The molecule has 1 aliphatic heterocycles. The minimum Gasteiger partial charge on any atom is -0.444 e. The van der Waals surface area contributed by atoms with E-state index in [-0.39, 0.29) is 17.7 Å². The molecule has 0 radical (unpaired) electrons. The molecule has 1 heterocycles. The highest BCUT2D eigenvalue weighted by Crippen LogP contribution is 2.40. The van der Waals surface area contributed by atoms with Crippen molar-refractivity contribution in [1.82, 2.24) is 5.32 Å². The lowest BCUT2D eigenvalue weighted by Crippen LogP contribution is -2.49. The van der Waals surface area contributed by atoms with Crippen LogP contribution < -0.4 is 10.6 Å². The zero-order valence-electron chi connectivity index (χ0n) is 14.1. The van der Waals surface area contributed by atoms with E-state index in [9.17, 15) is 32.9 Å². The summed E-state index contributed by atoms with van der Waals surface area (Å²) in [6.45, 7) is 4.85. The zero-order valence-corrected chi connectivity index (χ0v) is 14.1. The number of nitrogens with zero attached hydrogens (tertiary/aromatic N) is 1. The number of nitrogens with one attached hydrogen (secondary N) is 2. The monoisotopic (exact) mass is 375 g/mol. The van der Waals surface area contributed by atoms with Crippen molar-refractivity contribution in [1.29, 1.82) is 0 Å². The highest BCUT2D eigenvalue weighted by Gasteiger charge is 2.41. The molecule has 2 amide bonds. The molecule has 11 heteroatoms. The van der Waals surface area contributed by atoms with Gasteiger partial charge in [-0.15, -0.1) is 0 Å². The second-order valence-electron chi connectivity index (χ2n) is 6.67. The Morgan fingerprint density at radius 3 is 2.46 bits per heavy atom. The molecule has 0 aromatic heterocycles. The van der Waals surface area contributed by atoms with E-state index in [1.807, 2.05) is 0 Å². The number of alkyl carbamates (subject to hydrolysis) is 1. The van der Waals surface area contributed by atoms with Gasteiger partial charge >= 0.3 is 12.3 Å². The fraction of sp³-hybridized carbons (Fsp3) is 0.467. The van der Waals surface area contributed by atoms with E-state index in [1.165, 1.54) is 0 Å². The first kappa shape index (κ1) is 19.5. The SMILES string of the molecule is CC(C)(C)OC(=O)N[C@@H]1Cc2cc([N+](=O)[O-])c(C(F)(F)F)cc2NC1=O. The van der Waals surface area contributed by atoms with Gasteiger partial charge in [0.15, 0.2) is 0 Å². The summed E-state index contributed by atoms with van der Waals surface area (Å²) in [7, 11) is 0. The van der Waals surface area contributed by atoms with Gasteiger partial charge in [-0.3, -0.25) is 14.9 Å². The van der Waals surface area contributed by atoms with Crippen molar-refractivity contribution in [3.8, 4) is 0 Å². The number of hydrogen-bond donors (Lipinski definition) is 2. The number of nitro benzene ring substituents is 1. The first-order valence-corrected chi connectivity index (χ1v) is 7.47. The highest BCUT2D eigenvalue weighted by atomic mass is 19.4. The molecule has 1 aromatic rings. The van der Waals surface area contributed by atoms with E-state index in [4.69, 9.17) is 4.74 Å². The van der Waals surface area contributed by atoms with Crippen LogP contribution >= 0.6 is 0 Å². The molecule has 142 valence electrons. The summed E-state index contributed by atoms with van der Waals surface area (Å²) in [6.07, 6.45) is -6.05. The fourth-order valence-electron chi connectivity index (χ4n) is 2.39. The van der Waals surface area contributed by atoms with Gasteiger partial charge < -0.3 is 15.4 Å². The van der Waals surface area contributed by atoms with Gasteiger partial charge in [0.25, 0.3) is 5.69 Å². The summed E-state index contributed by atoms with van der Waals surface area (Å²) in [5.74, 6) is -0.745. The van der Waals surface area contributed by atoms with E-state index in [2.05, 4.69) is 10.6 Å². The van der Waals surface area contributed by atoms with Crippen LogP contribution in [0.15, 0.2) is 12.1 Å². The number of alkyl halides is 3. The summed E-state index contributed by atoms with van der Waals surface area (Å²) in [6, 6.07) is 0.143. The Kier molecular flexibility index (Phi) is 4.84. The minimum absolute atomic E-state index is 0.102. The topological polar surface area (TPSA) is 111 Å². The van der Waals surface area contributed by atoms with Gasteiger partial charge in [0, 0.05) is 18.2 Å². The number of carbonyl (C=O) groups is 2. The van der Waals surface area contributed by atoms with Crippen LogP contribution in [0.3, 0.4) is 0 Å². The summed E-state index contributed by atoms with van der Waals surface area (Å²) >= 11 is 0. The lowest BCUT2D eigenvalue weighted by atomic mass is 9.96. The highest BCUT2D eigenvalue weighted by molar-refractivity contribution is 6.00. The number of benzene rings is 1. The number of anilines is 1. The first-order valence-electron chi connectivity index (χ1n) is 7.47. The molecule has 0 aliphatic carbocycles. The van der Waals surface area contributed by atoms with Gasteiger partial charge in [0.1, 0.15) is 17.2 Å². The first-order chi connectivity index (χ1) is 11.8. The van der Waals surface area contributed by atoms with Gasteiger partial charge in [-0.05, 0) is 32.4 Å². The van der Waals surface area contributed by atoms with Crippen molar-refractivity contribution >= 4 is 23.4 Å². The zero-order chi connectivity index (χ0) is 19.9. The van der Waals surface area contributed by atoms with Gasteiger partial charge in [0.2, 0.25) is 5.91 Å². The lowest BCUT2D eigenvalue weighted by molar-refractivity contribution is -0.388. The average Bonchev–Trinajstić information content (AvgIpc) is 2.43. The van der Waals surface area contributed by atoms with Crippen LogP contribution in [-0.2, 0) is 22.1 Å². The maximum atomic E-state index is 13.0. The van der Waals surface area contributed by atoms with Crippen LogP contribution in [0, 0.1) is 10.1 Å². The van der Waals surface area contributed by atoms with Crippen molar-refractivity contribution in [2.24, 2.45) is 0 Å². The third-order valence-electron chi connectivity index (χ3n) is 3.41. The van der Waals surface area contributed by atoms with Crippen LogP contribution in [0.1, 0.15) is 31.9 Å². The van der Waals surface area contributed by atoms with Crippen LogP contribution in [0.4, 0.5) is 29.3 Å². The van der Waals surface area contributed by atoms with Gasteiger partial charge in [0.05, 0.1) is 4.92 Å². The molecular weight excluding hydrogens is 359 g/mol.